The fourth-order valence-electron chi connectivity index (χ4n) is 4.67. The lowest BCUT2D eigenvalue weighted by Crippen LogP contribution is -2.45. The minimum atomic E-state index is -2.97. The van der Waals surface area contributed by atoms with Crippen molar-refractivity contribution in [1.29, 1.82) is 0 Å². The Balaban J connectivity index is 1.79. The van der Waals surface area contributed by atoms with Crippen molar-refractivity contribution in [3.63, 3.8) is 0 Å². The predicted octanol–water partition coefficient (Wildman–Crippen LogP) is 4.69. The van der Waals surface area contributed by atoms with Crippen LogP contribution in [0.5, 0.6) is 0 Å². The SMILES string of the molecule is CC(=O)N1CCC(F)(c2cc3c(N[C@H](C)c4cccc(C(F)F)c4F)nc(C)nc3n(C)c2=O)CC1. The summed E-state index contributed by atoms with van der Waals surface area (Å²) in [7, 11) is 1.48. The number of hydrogen-bond donors (Lipinski definition) is 1. The summed E-state index contributed by atoms with van der Waals surface area (Å²) in [5, 5.41) is 3.37. The molecular formula is C25H27F4N5O2. The third kappa shape index (κ3) is 4.54. The highest BCUT2D eigenvalue weighted by Gasteiger charge is 2.40. The van der Waals surface area contributed by atoms with Crippen molar-refractivity contribution in [1.82, 2.24) is 19.4 Å². The molecule has 3 heterocycles. The highest BCUT2D eigenvalue weighted by Crippen LogP contribution is 2.37. The van der Waals surface area contributed by atoms with E-state index < -0.39 is 35.1 Å². The van der Waals surface area contributed by atoms with Gasteiger partial charge in [0.05, 0.1) is 22.6 Å². The zero-order valence-corrected chi connectivity index (χ0v) is 20.4. The summed E-state index contributed by atoms with van der Waals surface area (Å²) >= 11 is 0. The van der Waals surface area contributed by atoms with Crippen LogP contribution in [0.2, 0.25) is 0 Å². The molecule has 1 amide bonds. The lowest BCUT2D eigenvalue weighted by Gasteiger charge is -2.36. The minimum absolute atomic E-state index is 0.0147. The monoisotopic (exact) mass is 505 g/mol. The van der Waals surface area contributed by atoms with Gasteiger partial charge in [-0.2, -0.15) is 0 Å². The smallest absolute Gasteiger partial charge is 0.266 e. The normalized spacial score (nSPS) is 16.4. The van der Waals surface area contributed by atoms with Gasteiger partial charge in [-0.25, -0.2) is 27.5 Å². The highest BCUT2D eigenvalue weighted by atomic mass is 19.3. The van der Waals surface area contributed by atoms with Crippen LogP contribution in [-0.2, 0) is 17.5 Å². The average molecular weight is 506 g/mol. The quantitative estimate of drug-likeness (QED) is 0.509. The number of hydrogen-bond acceptors (Lipinski definition) is 5. The maximum absolute atomic E-state index is 16.1. The number of anilines is 1. The number of aryl methyl sites for hydroxylation is 2. The fraction of sp³-hybridized carbons (Fsp3) is 0.440. The molecule has 0 aliphatic carbocycles. The molecule has 7 nitrogen and oxygen atoms in total. The van der Waals surface area contributed by atoms with Crippen molar-refractivity contribution in [2.75, 3.05) is 18.4 Å². The van der Waals surface area contributed by atoms with Crippen LogP contribution in [0.25, 0.3) is 11.0 Å². The Kier molecular flexibility index (Phi) is 6.76. The molecule has 36 heavy (non-hydrogen) atoms. The predicted molar refractivity (Wildman–Crippen MR) is 127 cm³/mol. The van der Waals surface area contributed by atoms with Crippen molar-refractivity contribution in [2.45, 2.75) is 51.7 Å². The van der Waals surface area contributed by atoms with Gasteiger partial charge in [-0.15, -0.1) is 0 Å². The first-order valence-corrected chi connectivity index (χ1v) is 11.6. The van der Waals surface area contributed by atoms with E-state index in [4.69, 9.17) is 0 Å². The minimum Gasteiger partial charge on any atom is -0.363 e. The zero-order chi connectivity index (χ0) is 26.4. The van der Waals surface area contributed by atoms with Gasteiger partial charge in [0.1, 0.15) is 28.8 Å². The molecule has 1 aromatic carbocycles. The standard InChI is InChI=1S/C25H27F4N5O2/c1-13(16-6-5-7-17(20(16)26)21(27)28)30-22-18-12-19(24(36)33(4)23(18)32-14(2)31-22)25(29)8-10-34(11-9-25)15(3)35/h5-7,12-13,21H,8-11H2,1-4H3,(H,30,31,32)/t13-/m1/s1. The lowest BCUT2D eigenvalue weighted by atomic mass is 9.86. The molecule has 0 radical (unpaired) electrons. The molecule has 1 aliphatic rings. The molecule has 4 rings (SSSR count). The number of carbonyl (C=O) groups excluding carboxylic acids is 1. The summed E-state index contributed by atoms with van der Waals surface area (Å²) in [6.45, 7) is 4.98. The summed E-state index contributed by atoms with van der Waals surface area (Å²) in [4.78, 5) is 35.1. The van der Waals surface area contributed by atoms with Crippen LogP contribution in [0.1, 0.15) is 61.7 Å². The third-order valence-corrected chi connectivity index (χ3v) is 6.78. The van der Waals surface area contributed by atoms with Crippen LogP contribution in [0, 0.1) is 12.7 Å². The topological polar surface area (TPSA) is 80.1 Å². The molecule has 1 atom stereocenters. The van der Waals surface area contributed by atoms with E-state index in [9.17, 15) is 22.8 Å². The maximum Gasteiger partial charge on any atom is 0.266 e. The van der Waals surface area contributed by atoms with E-state index in [0.717, 1.165) is 6.07 Å². The maximum atomic E-state index is 16.1. The van der Waals surface area contributed by atoms with Gasteiger partial charge in [-0.3, -0.25) is 14.2 Å². The number of alkyl halides is 3. The molecule has 0 bridgehead atoms. The highest BCUT2D eigenvalue weighted by molar-refractivity contribution is 5.87. The Bertz CT molecular complexity index is 1380. The first kappa shape index (κ1) is 25.6. The van der Waals surface area contributed by atoms with E-state index >= 15 is 4.39 Å². The number of likely N-dealkylation sites (tertiary alicyclic amines) is 1. The van der Waals surface area contributed by atoms with Crippen LogP contribution in [0.15, 0.2) is 29.1 Å². The third-order valence-electron chi connectivity index (χ3n) is 6.78. The number of aromatic nitrogens is 3. The van der Waals surface area contributed by atoms with Crippen molar-refractivity contribution in [3.8, 4) is 0 Å². The van der Waals surface area contributed by atoms with E-state index in [1.807, 2.05) is 0 Å². The van der Waals surface area contributed by atoms with Gasteiger partial charge in [0.15, 0.2) is 0 Å². The second kappa shape index (κ2) is 9.51. The Morgan fingerprint density at radius 2 is 1.81 bits per heavy atom. The Morgan fingerprint density at radius 3 is 2.42 bits per heavy atom. The Labute approximate surface area is 205 Å². The largest absolute Gasteiger partial charge is 0.363 e. The van der Waals surface area contributed by atoms with E-state index in [1.165, 1.54) is 41.6 Å². The van der Waals surface area contributed by atoms with Gasteiger partial charge in [0.25, 0.3) is 12.0 Å². The first-order valence-electron chi connectivity index (χ1n) is 11.6. The number of nitrogens with zero attached hydrogens (tertiary/aromatic N) is 4. The zero-order valence-electron chi connectivity index (χ0n) is 20.4. The Hall–Kier alpha value is -3.50. The van der Waals surface area contributed by atoms with E-state index in [1.54, 1.807) is 13.8 Å². The molecule has 0 unspecified atom stereocenters. The summed E-state index contributed by atoms with van der Waals surface area (Å²) in [5.41, 5.74) is -3.02. The van der Waals surface area contributed by atoms with Crippen molar-refractivity contribution in [2.24, 2.45) is 7.05 Å². The molecular weight excluding hydrogens is 478 g/mol. The van der Waals surface area contributed by atoms with Crippen LogP contribution in [0.4, 0.5) is 23.4 Å². The van der Waals surface area contributed by atoms with Gasteiger partial charge >= 0.3 is 0 Å². The van der Waals surface area contributed by atoms with Gasteiger partial charge in [-0.1, -0.05) is 18.2 Å². The first-order chi connectivity index (χ1) is 16.9. The van der Waals surface area contributed by atoms with Gasteiger partial charge < -0.3 is 10.2 Å². The summed E-state index contributed by atoms with van der Waals surface area (Å²) in [5.74, 6) is -0.647. The second-order valence-electron chi connectivity index (χ2n) is 9.17. The van der Waals surface area contributed by atoms with E-state index in [2.05, 4.69) is 15.3 Å². The number of rotatable bonds is 5. The second-order valence-corrected chi connectivity index (χ2v) is 9.17. The van der Waals surface area contributed by atoms with Crippen LogP contribution in [0.3, 0.4) is 0 Å². The van der Waals surface area contributed by atoms with Gasteiger partial charge in [0, 0.05) is 45.5 Å². The summed E-state index contributed by atoms with van der Waals surface area (Å²) in [6.07, 6.45) is -3.04. The molecule has 2 aromatic heterocycles. The number of fused-ring (bicyclic) bond motifs is 1. The van der Waals surface area contributed by atoms with Crippen molar-refractivity contribution in [3.05, 3.63) is 63.0 Å². The summed E-state index contributed by atoms with van der Waals surface area (Å²) < 4.78 is 58.5. The lowest BCUT2D eigenvalue weighted by molar-refractivity contribution is -0.131. The number of nitrogens with one attached hydrogen (secondary N) is 1. The molecule has 1 fully saturated rings. The van der Waals surface area contributed by atoms with E-state index in [0.29, 0.717) is 11.2 Å². The van der Waals surface area contributed by atoms with Crippen molar-refractivity contribution >= 4 is 22.8 Å². The van der Waals surface area contributed by atoms with Crippen LogP contribution in [-0.4, -0.2) is 38.4 Å². The number of benzene rings is 1. The molecule has 192 valence electrons. The molecule has 1 saturated heterocycles. The Morgan fingerprint density at radius 1 is 1.17 bits per heavy atom. The molecule has 11 heteroatoms. The number of amides is 1. The van der Waals surface area contributed by atoms with Crippen LogP contribution < -0.4 is 10.9 Å². The van der Waals surface area contributed by atoms with E-state index in [-0.39, 0.29) is 54.4 Å². The van der Waals surface area contributed by atoms with Gasteiger partial charge in [0.2, 0.25) is 5.91 Å². The fourth-order valence-corrected chi connectivity index (χ4v) is 4.67. The summed E-state index contributed by atoms with van der Waals surface area (Å²) in [6, 6.07) is 4.40. The van der Waals surface area contributed by atoms with Crippen LogP contribution >= 0.6 is 0 Å². The molecule has 0 saturated carbocycles. The molecule has 1 aliphatic heterocycles. The van der Waals surface area contributed by atoms with Crippen molar-refractivity contribution < 1.29 is 22.4 Å². The number of pyridine rings is 1. The average Bonchev–Trinajstić information content (AvgIpc) is 2.81. The number of carbonyl (C=O) groups is 1. The number of halogens is 4. The van der Waals surface area contributed by atoms with Gasteiger partial charge in [-0.05, 0) is 19.9 Å². The number of piperidine rings is 1. The molecule has 1 N–H and O–H groups in total. The molecule has 3 aromatic rings. The molecule has 0 spiro atoms.